The van der Waals surface area contributed by atoms with Crippen molar-refractivity contribution in [3.63, 3.8) is 0 Å². The number of carbonyl (C=O) groups excluding carboxylic acids is 1. The van der Waals surface area contributed by atoms with Crippen molar-refractivity contribution in [3.05, 3.63) is 46.8 Å². The predicted octanol–water partition coefficient (Wildman–Crippen LogP) is 1.42. The summed E-state index contributed by atoms with van der Waals surface area (Å²) in [5.74, 6) is -0.237. The van der Waals surface area contributed by atoms with Crippen molar-refractivity contribution in [1.29, 1.82) is 0 Å². The maximum atomic E-state index is 12.9. The SMILES string of the molecule is CCN1C2C3=C4C1C4N(C(=O)c1ccc(F)cc1)C32. The maximum Gasteiger partial charge on any atom is 0.255 e. The highest BCUT2D eigenvalue weighted by Crippen LogP contribution is 2.68. The highest BCUT2D eigenvalue weighted by molar-refractivity contribution is 5.98. The molecule has 3 nitrogen and oxygen atoms in total. The van der Waals surface area contributed by atoms with Gasteiger partial charge in [-0.1, -0.05) is 6.92 Å². The van der Waals surface area contributed by atoms with Gasteiger partial charge in [0.25, 0.3) is 5.91 Å². The molecule has 2 saturated carbocycles. The van der Waals surface area contributed by atoms with Gasteiger partial charge in [0, 0.05) is 5.56 Å². The third-order valence-electron chi connectivity index (χ3n) is 4.99. The van der Waals surface area contributed by atoms with Crippen molar-refractivity contribution in [2.45, 2.75) is 31.1 Å². The molecular weight excluding hydrogens is 243 g/mol. The lowest BCUT2D eigenvalue weighted by molar-refractivity contribution is 0.0622. The van der Waals surface area contributed by atoms with E-state index < -0.39 is 0 Å². The molecule has 2 aliphatic carbocycles. The molecule has 0 saturated heterocycles. The van der Waals surface area contributed by atoms with Gasteiger partial charge in [0.1, 0.15) is 5.82 Å². The average molecular weight is 256 g/mol. The summed E-state index contributed by atoms with van der Waals surface area (Å²) in [6, 6.07) is 7.53. The molecular formula is C15H13FN2O. The number of halogens is 1. The lowest BCUT2D eigenvalue weighted by atomic mass is 10.2. The first-order valence-electron chi connectivity index (χ1n) is 6.82. The van der Waals surface area contributed by atoms with Gasteiger partial charge in [-0.25, -0.2) is 4.39 Å². The van der Waals surface area contributed by atoms with Crippen LogP contribution in [-0.4, -0.2) is 46.4 Å². The van der Waals surface area contributed by atoms with Crippen molar-refractivity contribution in [1.82, 2.24) is 9.80 Å². The Morgan fingerprint density at radius 2 is 1.68 bits per heavy atom. The van der Waals surface area contributed by atoms with Gasteiger partial charge < -0.3 is 4.90 Å². The number of nitrogens with zero attached hydrogens (tertiary/aromatic N) is 2. The first kappa shape index (κ1) is 10.1. The Labute approximate surface area is 110 Å². The van der Waals surface area contributed by atoms with Gasteiger partial charge in [-0.3, -0.25) is 9.69 Å². The topological polar surface area (TPSA) is 23.6 Å². The highest BCUT2D eigenvalue weighted by atomic mass is 19.1. The van der Waals surface area contributed by atoms with Crippen LogP contribution in [0, 0.1) is 5.82 Å². The minimum Gasteiger partial charge on any atom is -0.321 e. The fourth-order valence-corrected chi connectivity index (χ4v) is 4.21. The number of amides is 1. The van der Waals surface area contributed by atoms with E-state index in [2.05, 4.69) is 11.8 Å². The summed E-state index contributed by atoms with van der Waals surface area (Å²) in [7, 11) is 0. The first-order valence-corrected chi connectivity index (χ1v) is 6.82. The van der Waals surface area contributed by atoms with Crippen LogP contribution in [0.5, 0.6) is 0 Å². The number of likely N-dealkylation sites (N-methyl/N-ethyl adjacent to an activating group) is 1. The van der Waals surface area contributed by atoms with E-state index in [9.17, 15) is 9.18 Å². The van der Waals surface area contributed by atoms with Crippen LogP contribution >= 0.6 is 0 Å². The zero-order chi connectivity index (χ0) is 12.9. The molecule has 4 atom stereocenters. The Kier molecular flexibility index (Phi) is 1.55. The van der Waals surface area contributed by atoms with Gasteiger partial charge in [0.15, 0.2) is 0 Å². The van der Waals surface area contributed by atoms with E-state index in [1.165, 1.54) is 23.3 Å². The standard InChI is InChI=1S/C15H13FN2O/c1-2-17-11-9-10-12(17)14(10)18(13(9)11)15(19)7-3-5-8(16)6-4-7/h3-6,11-14H,2H2,1H3. The second kappa shape index (κ2) is 2.90. The zero-order valence-electron chi connectivity index (χ0n) is 10.5. The number of hydrogen-bond acceptors (Lipinski definition) is 2. The van der Waals surface area contributed by atoms with E-state index in [1.807, 2.05) is 4.90 Å². The second-order valence-corrected chi connectivity index (χ2v) is 5.74. The number of benzene rings is 1. The van der Waals surface area contributed by atoms with Gasteiger partial charge in [0.05, 0.1) is 24.2 Å². The summed E-state index contributed by atoms with van der Waals surface area (Å²) < 4.78 is 12.9. The van der Waals surface area contributed by atoms with Crippen LogP contribution in [0.3, 0.4) is 0 Å². The third-order valence-corrected chi connectivity index (χ3v) is 4.99. The summed E-state index contributed by atoms with van der Waals surface area (Å²) in [5, 5.41) is 0. The molecule has 5 rings (SSSR count). The maximum absolute atomic E-state index is 12.9. The van der Waals surface area contributed by atoms with Crippen LogP contribution in [0.2, 0.25) is 0 Å². The molecule has 2 heterocycles. The Hall–Kier alpha value is -1.68. The lowest BCUT2D eigenvalue weighted by Gasteiger charge is -2.31. The molecule has 2 fully saturated rings. The average Bonchev–Trinajstić information content (AvgIpc) is 3.27. The van der Waals surface area contributed by atoms with E-state index in [0.29, 0.717) is 29.7 Å². The monoisotopic (exact) mass is 256 g/mol. The fraction of sp³-hybridized carbons (Fsp3) is 0.400. The highest BCUT2D eigenvalue weighted by Gasteiger charge is 2.79. The molecule has 96 valence electrons. The Morgan fingerprint density at radius 3 is 2.21 bits per heavy atom. The molecule has 1 amide bonds. The summed E-state index contributed by atoms with van der Waals surface area (Å²) in [5.41, 5.74) is 3.61. The molecule has 2 aliphatic heterocycles. The van der Waals surface area contributed by atoms with Crippen LogP contribution in [0.4, 0.5) is 4.39 Å². The predicted molar refractivity (Wildman–Crippen MR) is 67.1 cm³/mol. The number of piperazine rings is 1. The normalized spacial score (nSPS) is 36.8. The summed E-state index contributed by atoms with van der Waals surface area (Å²) in [6.45, 7) is 3.25. The van der Waals surface area contributed by atoms with Crippen LogP contribution in [0.1, 0.15) is 17.3 Å². The Balaban J connectivity index is 1.47. The lowest BCUT2D eigenvalue weighted by Crippen LogP contribution is -2.48. The largest absolute Gasteiger partial charge is 0.321 e. The molecule has 0 radical (unpaired) electrons. The number of rotatable bonds is 2. The van der Waals surface area contributed by atoms with Crippen LogP contribution in [-0.2, 0) is 0 Å². The third kappa shape index (κ3) is 0.984. The quantitative estimate of drug-likeness (QED) is 0.747. The van der Waals surface area contributed by atoms with E-state index in [1.54, 1.807) is 12.1 Å². The molecule has 4 heteroatoms. The van der Waals surface area contributed by atoms with Gasteiger partial charge in [-0.05, 0) is 42.0 Å². The van der Waals surface area contributed by atoms with Gasteiger partial charge in [-0.2, -0.15) is 0 Å². The molecule has 0 bridgehead atoms. The summed E-state index contributed by atoms with van der Waals surface area (Å²) in [4.78, 5) is 17.1. The number of hydrogen-bond donors (Lipinski definition) is 0. The minimum atomic E-state index is -0.296. The Bertz CT molecular complexity index is 625. The molecule has 0 N–H and O–H groups in total. The first-order chi connectivity index (χ1) is 9.24. The van der Waals surface area contributed by atoms with Crippen molar-refractivity contribution < 1.29 is 9.18 Å². The van der Waals surface area contributed by atoms with Crippen molar-refractivity contribution in [3.8, 4) is 0 Å². The molecule has 19 heavy (non-hydrogen) atoms. The van der Waals surface area contributed by atoms with Gasteiger partial charge in [0.2, 0.25) is 0 Å². The van der Waals surface area contributed by atoms with Gasteiger partial charge in [-0.15, -0.1) is 0 Å². The van der Waals surface area contributed by atoms with Crippen molar-refractivity contribution >= 4 is 5.91 Å². The molecule has 1 aromatic carbocycles. The van der Waals surface area contributed by atoms with E-state index in [4.69, 9.17) is 0 Å². The molecule has 4 aliphatic rings. The van der Waals surface area contributed by atoms with Crippen LogP contribution in [0.15, 0.2) is 35.4 Å². The van der Waals surface area contributed by atoms with E-state index in [-0.39, 0.29) is 11.7 Å². The smallest absolute Gasteiger partial charge is 0.255 e. The molecule has 0 spiro atoms. The van der Waals surface area contributed by atoms with Crippen molar-refractivity contribution in [2.24, 2.45) is 0 Å². The van der Waals surface area contributed by atoms with E-state index in [0.717, 1.165) is 6.54 Å². The fourth-order valence-electron chi connectivity index (χ4n) is 4.21. The summed E-state index contributed by atoms with van der Waals surface area (Å²) in [6.07, 6.45) is 0. The van der Waals surface area contributed by atoms with Crippen LogP contribution < -0.4 is 0 Å². The van der Waals surface area contributed by atoms with Crippen molar-refractivity contribution in [2.75, 3.05) is 6.54 Å². The molecule has 0 aromatic heterocycles. The van der Waals surface area contributed by atoms with Gasteiger partial charge >= 0.3 is 0 Å². The number of carbonyl (C=O) groups is 1. The second-order valence-electron chi connectivity index (χ2n) is 5.74. The number of fused-ring (bicyclic) bond motifs is 2. The van der Waals surface area contributed by atoms with E-state index >= 15 is 0 Å². The Morgan fingerprint density at radius 1 is 1.11 bits per heavy atom. The zero-order valence-corrected chi connectivity index (χ0v) is 10.5. The summed E-state index contributed by atoms with van der Waals surface area (Å²) >= 11 is 0. The minimum absolute atomic E-state index is 0.0586. The molecule has 1 aromatic rings. The molecule has 4 unspecified atom stereocenters. The van der Waals surface area contributed by atoms with Crippen LogP contribution in [0.25, 0.3) is 0 Å².